The summed E-state index contributed by atoms with van der Waals surface area (Å²) in [6, 6.07) is 6.74. The monoisotopic (exact) mass is 220 g/mol. The highest BCUT2D eigenvalue weighted by atomic mass is 14.9. The molecule has 0 unspecified atom stereocenters. The Morgan fingerprint density at radius 3 is 2.50 bits per heavy atom. The fraction of sp³-hybridized carbons (Fsp3) is 0.571. The topological polar surface area (TPSA) is 38.0 Å². The van der Waals surface area contributed by atoms with E-state index in [0.717, 1.165) is 13.1 Å². The molecule has 1 aromatic carbocycles. The van der Waals surface area contributed by atoms with Crippen LogP contribution in [0.5, 0.6) is 0 Å². The van der Waals surface area contributed by atoms with Gasteiger partial charge in [-0.2, -0.15) is 0 Å². The fourth-order valence-corrected chi connectivity index (χ4v) is 1.65. The van der Waals surface area contributed by atoms with Crippen molar-refractivity contribution in [2.75, 3.05) is 13.1 Å². The Balaban J connectivity index is 2.83. The minimum Gasteiger partial charge on any atom is -0.329 e. The molecule has 0 saturated heterocycles. The number of nitrogens with one attached hydrogen (secondary N) is 1. The van der Waals surface area contributed by atoms with E-state index in [2.05, 4.69) is 51.2 Å². The molecule has 1 aromatic rings. The first-order valence-corrected chi connectivity index (χ1v) is 5.96. The van der Waals surface area contributed by atoms with Crippen molar-refractivity contribution in [3.63, 3.8) is 0 Å². The second kappa shape index (κ2) is 5.46. The fourth-order valence-electron chi connectivity index (χ4n) is 1.65. The maximum absolute atomic E-state index is 5.47. The molecule has 0 aromatic heterocycles. The van der Waals surface area contributed by atoms with Crippen molar-refractivity contribution < 1.29 is 0 Å². The lowest BCUT2D eigenvalue weighted by molar-refractivity contribution is 0.587. The zero-order valence-electron chi connectivity index (χ0n) is 10.9. The molecule has 0 spiro atoms. The molecule has 2 heteroatoms. The number of nitrogens with two attached hydrogens (primary N) is 1. The summed E-state index contributed by atoms with van der Waals surface area (Å²) < 4.78 is 0. The number of benzene rings is 1. The van der Waals surface area contributed by atoms with Gasteiger partial charge in [0.15, 0.2) is 0 Å². The van der Waals surface area contributed by atoms with Gasteiger partial charge in [0.2, 0.25) is 0 Å². The molecule has 0 aliphatic heterocycles. The zero-order valence-corrected chi connectivity index (χ0v) is 10.9. The number of hydrogen-bond donors (Lipinski definition) is 2. The molecule has 0 amide bonds. The molecule has 3 N–H and O–H groups in total. The van der Waals surface area contributed by atoms with Gasteiger partial charge in [-0.25, -0.2) is 0 Å². The van der Waals surface area contributed by atoms with Crippen molar-refractivity contribution in [1.29, 1.82) is 0 Å². The van der Waals surface area contributed by atoms with Crippen LogP contribution in [0.1, 0.15) is 37.5 Å². The summed E-state index contributed by atoms with van der Waals surface area (Å²) in [5, 5.41) is 3.35. The van der Waals surface area contributed by atoms with Gasteiger partial charge in [0.05, 0.1) is 0 Å². The molecule has 0 atom stereocenters. The van der Waals surface area contributed by atoms with Crippen LogP contribution in [0.2, 0.25) is 0 Å². The van der Waals surface area contributed by atoms with Gasteiger partial charge in [-0.05, 0) is 29.0 Å². The average molecular weight is 220 g/mol. The summed E-state index contributed by atoms with van der Waals surface area (Å²) in [4.78, 5) is 0. The molecule has 0 saturated carbocycles. The molecule has 1 rings (SSSR count). The largest absolute Gasteiger partial charge is 0.329 e. The Kier molecular flexibility index (Phi) is 4.51. The van der Waals surface area contributed by atoms with Crippen molar-refractivity contribution in [2.24, 2.45) is 5.73 Å². The predicted molar refractivity (Wildman–Crippen MR) is 70.6 cm³/mol. The molecule has 0 fully saturated rings. The molecule has 0 heterocycles. The minimum absolute atomic E-state index is 0.219. The van der Waals surface area contributed by atoms with Gasteiger partial charge in [0.25, 0.3) is 0 Å². The third kappa shape index (κ3) is 3.62. The number of hydrogen-bond acceptors (Lipinski definition) is 2. The summed E-state index contributed by atoms with van der Waals surface area (Å²) in [6.45, 7) is 11.4. The van der Waals surface area contributed by atoms with E-state index < -0.39 is 0 Å². The van der Waals surface area contributed by atoms with E-state index in [4.69, 9.17) is 5.73 Å². The lowest BCUT2D eigenvalue weighted by Crippen LogP contribution is -2.22. The third-order valence-electron chi connectivity index (χ3n) is 2.85. The lowest BCUT2D eigenvalue weighted by atomic mass is 9.85. The maximum atomic E-state index is 5.47. The van der Waals surface area contributed by atoms with Crippen molar-refractivity contribution in [3.05, 3.63) is 34.9 Å². The predicted octanol–water partition coefficient (Wildman–Crippen LogP) is 2.34. The van der Waals surface area contributed by atoms with Crippen LogP contribution in [-0.4, -0.2) is 13.1 Å². The second-order valence-electron chi connectivity index (χ2n) is 5.36. The van der Waals surface area contributed by atoms with Crippen LogP contribution >= 0.6 is 0 Å². The van der Waals surface area contributed by atoms with Crippen molar-refractivity contribution in [2.45, 2.75) is 39.7 Å². The standard InChI is InChI=1S/C14H24N2/c1-11-5-6-13(14(2,3)4)9-12(11)10-16-8-7-15/h5-6,9,16H,7-8,10,15H2,1-4H3. The smallest absolute Gasteiger partial charge is 0.0208 e. The van der Waals surface area contributed by atoms with Gasteiger partial charge in [-0.3, -0.25) is 0 Å². The van der Waals surface area contributed by atoms with Gasteiger partial charge < -0.3 is 11.1 Å². The van der Waals surface area contributed by atoms with Crippen LogP contribution in [0.25, 0.3) is 0 Å². The van der Waals surface area contributed by atoms with Gasteiger partial charge in [0, 0.05) is 19.6 Å². The molecule has 0 radical (unpaired) electrons. The van der Waals surface area contributed by atoms with E-state index in [0.29, 0.717) is 6.54 Å². The molecule has 0 aliphatic carbocycles. The van der Waals surface area contributed by atoms with Crippen molar-refractivity contribution in [3.8, 4) is 0 Å². The third-order valence-corrected chi connectivity index (χ3v) is 2.85. The first-order valence-electron chi connectivity index (χ1n) is 5.96. The normalized spacial score (nSPS) is 11.8. The number of aryl methyl sites for hydroxylation is 1. The summed E-state index contributed by atoms with van der Waals surface area (Å²) in [5.41, 5.74) is 9.80. The Hall–Kier alpha value is -0.860. The van der Waals surface area contributed by atoms with Crippen LogP contribution in [0, 0.1) is 6.92 Å². The summed E-state index contributed by atoms with van der Waals surface area (Å²) >= 11 is 0. The zero-order chi connectivity index (χ0) is 12.2. The molecule has 90 valence electrons. The Labute approximate surface area is 99.2 Å². The van der Waals surface area contributed by atoms with Crippen molar-refractivity contribution >= 4 is 0 Å². The van der Waals surface area contributed by atoms with E-state index in [1.54, 1.807) is 0 Å². The second-order valence-corrected chi connectivity index (χ2v) is 5.36. The summed E-state index contributed by atoms with van der Waals surface area (Å²) in [6.07, 6.45) is 0. The molecule has 2 nitrogen and oxygen atoms in total. The first kappa shape index (κ1) is 13.2. The lowest BCUT2D eigenvalue weighted by Gasteiger charge is -2.21. The van der Waals surface area contributed by atoms with Crippen molar-refractivity contribution in [1.82, 2.24) is 5.32 Å². The highest BCUT2D eigenvalue weighted by Crippen LogP contribution is 2.24. The average Bonchev–Trinajstić information content (AvgIpc) is 2.19. The molecule has 0 aliphatic rings. The van der Waals surface area contributed by atoms with E-state index in [9.17, 15) is 0 Å². The SMILES string of the molecule is Cc1ccc(C(C)(C)C)cc1CNCCN. The van der Waals surface area contributed by atoms with E-state index in [1.807, 2.05) is 0 Å². The highest BCUT2D eigenvalue weighted by Gasteiger charge is 2.14. The molecule has 16 heavy (non-hydrogen) atoms. The van der Waals surface area contributed by atoms with E-state index in [1.165, 1.54) is 16.7 Å². The maximum Gasteiger partial charge on any atom is 0.0208 e. The quantitative estimate of drug-likeness (QED) is 0.764. The van der Waals surface area contributed by atoms with Gasteiger partial charge >= 0.3 is 0 Å². The molecule has 0 bridgehead atoms. The molecular formula is C14H24N2. The molecular weight excluding hydrogens is 196 g/mol. The van der Waals surface area contributed by atoms with Crippen LogP contribution in [0.4, 0.5) is 0 Å². The van der Waals surface area contributed by atoms with E-state index >= 15 is 0 Å². The first-order chi connectivity index (χ1) is 7.45. The van der Waals surface area contributed by atoms with E-state index in [-0.39, 0.29) is 5.41 Å². The summed E-state index contributed by atoms with van der Waals surface area (Å²) in [7, 11) is 0. The Morgan fingerprint density at radius 2 is 1.94 bits per heavy atom. The number of rotatable bonds is 4. The van der Waals surface area contributed by atoms with Crippen LogP contribution in [0.15, 0.2) is 18.2 Å². The van der Waals surface area contributed by atoms with Gasteiger partial charge in [0.1, 0.15) is 0 Å². The summed E-state index contributed by atoms with van der Waals surface area (Å²) in [5.74, 6) is 0. The van der Waals surface area contributed by atoms with Crippen LogP contribution in [-0.2, 0) is 12.0 Å². The minimum atomic E-state index is 0.219. The highest BCUT2D eigenvalue weighted by molar-refractivity contribution is 5.34. The van der Waals surface area contributed by atoms with Gasteiger partial charge in [-0.1, -0.05) is 39.0 Å². The Morgan fingerprint density at radius 1 is 1.25 bits per heavy atom. The van der Waals surface area contributed by atoms with Crippen LogP contribution in [0.3, 0.4) is 0 Å². The Bertz CT molecular complexity index is 337. The van der Waals surface area contributed by atoms with Crippen LogP contribution < -0.4 is 11.1 Å². The van der Waals surface area contributed by atoms with Gasteiger partial charge in [-0.15, -0.1) is 0 Å².